The van der Waals surface area contributed by atoms with E-state index in [1.165, 1.54) is 12.1 Å². The Hall–Kier alpha value is -2.15. The molecule has 2 rings (SSSR count). The Bertz CT molecular complexity index is 648. The van der Waals surface area contributed by atoms with Crippen LogP contribution in [-0.2, 0) is 6.54 Å². The van der Waals surface area contributed by atoms with Gasteiger partial charge in [-0.25, -0.2) is 4.98 Å². The summed E-state index contributed by atoms with van der Waals surface area (Å²) in [4.78, 5) is 16.3. The lowest BCUT2D eigenvalue weighted by Gasteiger charge is -2.18. The van der Waals surface area contributed by atoms with Crippen LogP contribution in [-0.4, -0.2) is 17.0 Å². The van der Waals surface area contributed by atoms with Crippen molar-refractivity contribution in [2.45, 2.75) is 6.54 Å². The molecular formula is C13H13BrN4O2. The number of hydrogen-bond acceptors (Lipinski definition) is 5. The lowest BCUT2D eigenvalue weighted by Crippen LogP contribution is -2.19. The quantitative estimate of drug-likeness (QED) is 0.685. The number of aromatic nitrogens is 1. The van der Waals surface area contributed by atoms with Crippen LogP contribution in [0.3, 0.4) is 0 Å². The summed E-state index contributed by atoms with van der Waals surface area (Å²) in [5.41, 5.74) is 6.57. The van der Waals surface area contributed by atoms with Crippen molar-refractivity contribution >= 4 is 33.3 Å². The highest BCUT2D eigenvalue weighted by Crippen LogP contribution is 2.27. The Kier molecular flexibility index (Phi) is 4.19. The zero-order chi connectivity index (χ0) is 14.7. The van der Waals surface area contributed by atoms with Crippen LogP contribution in [0.4, 0.5) is 17.3 Å². The van der Waals surface area contributed by atoms with Crippen molar-refractivity contribution in [1.29, 1.82) is 0 Å². The Balaban J connectivity index is 2.31. The number of nitrogens with two attached hydrogens (primary N) is 1. The molecule has 0 fully saturated rings. The van der Waals surface area contributed by atoms with Gasteiger partial charge in [0.25, 0.3) is 0 Å². The molecular weight excluding hydrogens is 324 g/mol. The molecule has 1 aromatic heterocycles. The molecule has 1 heterocycles. The maximum Gasteiger partial charge on any atom is 0.311 e. The van der Waals surface area contributed by atoms with Gasteiger partial charge in [-0.15, -0.1) is 0 Å². The maximum atomic E-state index is 11.0. The maximum absolute atomic E-state index is 11.0. The van der Waals surface area contributed by atoms with Crippen LogP contribution < -0.4 is 10.6 Å². The van der Waals surface area contributed by atoms with Crippen LogP contribution in [0.1, 0.15) is 5.56 Å². The summed E-state index contributed by atoms with van der Waals surface area (Å²) in [5, 5.41) is 11.0. The molecule has 0 amide bonds. The molecule has 0 bridgehead atoms. The van der Waals surface area contributed by atoms with E-state index in [4.69, 9.17) is 5.73 Å². The first-order valence-electron chi connectivity index (χ1n) is 5.84. The van der Waals surface area contributed by atoms with Gasteiger partial charge in [0, 0.05) is 24.1 Å². The van der Waals surface area contributed by atoms with Gasteiger partial charge in [-0.05, 0) is 23.8 Å². The molecule has 104 valence electrons. The summed E-state index contributed by atoms with van der Waals surface area (Å²) in [6, 6.07) is 10.5. The number of nitro groups is 1. The number of halogens is 1. The minimum atomic E-state index is -0.459. The standard InChI is InChI=1S/C13H13BrN4O2/c1-17(8-9-3-2-4-10(14)7-9)13-11(18(19)20)5-6-12(15)16-13/h2-7H,8H2,1H3,(H2,15,16). The molecule has 0 spiro atoms. The number of hydrogen-bond donors (Lipinski definition) is 1. The summed E-state index contributed by atoms with van der Waals surface area (Å²) in [6.45, 7) is 0.497. The fourth-order valence-electron chi connectivity index (χ4n) is 1.86. The van der Waals surface area contributed by atoms with E-state index >= 15 is 0 Å². The van der Waals surface area contributed by atoms with Crippen molar-refractivity contribution in [3.8, 4) is 0 Å². The minimum Gasteiger partial charge on any atom is -0.384 e. The smallest absolute Gasteiger partial charge is 0.311 e. The first-order chi connectivity index (χ1) is 9.47. The monoisotopic (exact) mass is 336 g/mol. The van der Waals surface area contributed by atoms with E-state index in [-0.39, 0.29) is 17.3 Å². The molecule has 6 nitrogen and oxygen atoms in total. The largest absolute Gasteiger partial charge is 0.384 e. The highest BCUT2D eigenvalue weighted by molar-refractivity contribution is 9.10. The van der Waals surface area contributed by atoms with E-state index in [9.17, 15) is 10.1 Å². The second kappa shape index (κ2) is 5.87. The molecule has 1 aromatic carbocycles. The van der Waals surface area contributed by atoms with Gasteiger partial charge in [-0.2, -0.15) is 0 Å². The number of rotatable bonds is 4. The van der Waals surface area contributed by atoms with Crippen molar-refractivity contribution in [1.82, 2.24) is 4.98 Å². The fourth-order valence-corrected chi connectivity index (χ4v) is 2.31. The molecule has 0 aliphatic carbocycles. The number of pyridine rings is 1. The third-order valence-electron chi connectivity index (χ3n) is 2.74. The number of benzene rings is 1. The summed E-state index contributed by atoms with van der Waals surface area (Å²) in [5.74, 6) is 0.515. The molecule has 2 N–H and O–H groups in total. The van der Waals surface area contributed by atoms with Crippen LogP contribution in [0, 0.1) is 10.1 Å². The molecule has 0 atom stereocenters. The molecule has 0 aliphatic heterocycles. The zero-order valence-corrected chi connectivity index (χ0v) is 12.4. The average molecular weight is 337 g/mol. The minimum absolute atomic E-state index is 0.0586. The molecule has 0 radical (unpaired) electrons. The van der Waals surface area contributed by atoms with Gasteiger partial charge in [-0.3, -0.25) is 10.1 Å². The normalized spacial score (nSPS) is 10.3. The Morgan fingerprint density at radius 1 is 1.40 bits per heavy atom. The Labute approximate surface area is 124 Å². The van der Waals surface area contributed by atoms with E-state index in [0.717, 1.165) is 10.0 Å². The van der Waals surface area contributed by atoms with Crippen molar-refractivity contribution in [3.63, 3.8) is 0 Å². The van der Waals surface area contributed by atoms with Crippen LogP contribution in [0.5, 0.6) is 0 Å². The van der Waals surface area contributed by atoms with Gasteiger partial charge < -0.3 is 10.6 Å². The predicted octanol–water partition coefficient (Wildman–Crippen LogP) is 2.97. The average Bonchev–Trinajstić information content (AvgIpc) is 2.38. The third-order valence-corrected chi connectivity index (χ3v) is 3.24. The summed E-state index contributed by atoms with van der Waals surface area (Å²) in [7, 11) is 1.75. The molecule has 0 saturated heterocycles. The number of nitrogens with zero attached hydrogens (tertiary/aromatic N) is 3. The number of anilines is 2. The van der Waals surface area contributed by atoms with Crippen molar-refractivity contribution in [2.75, 3.05) is 17.7 Å². The van der Waals surface area contributed by atoms with E-state index in [1.54, 1.807) is 11.9 Å². The SMILES string of the molecule is CN(Cc1cccc(Br)c1)c1nc(N)ccc1[N+](=O)[O-]. The van der Waals surface area contributed by atoms with Crippen molar-refractivity contribution in [3.05, 3.63) is 56.5 Å². The second-order valence-corrected chi connectivity index (χ2v) is 5.24. The highest BCUT2D eigenvalue weighted by atomic mass is 79.9. The van der Waals surface area contributed by atoms with Crippen LogP contribution in [0.15, 0.2) is 40.9 Å². The summed E-state index contributed by atoms with van der Waals surface area (Å²) >= 11 is 3.40. The molecule has 0 unspecified atom stereocenters. The van der Waals surface area contributed by atoms with Crippen molar-refractivity contribution < 1.29 is 4.92 Å². The van der Waals surface area contributed by atoms with Crippen LogP contribution in [0.2, 0.25) is 0 Å². The molecule has 20 heavy (non-hydrogen) atoms. The number of nitrogen functional groups attached to an aromatic ring is 1. The van der Waals surface area contributed by atoms with Crippen molar-refractivity contribution in [2.24, 2.45) is 0 Å². The highest BCUT2D eigenvalue weighted by Gasteiger charge is 2.19. The molecule has 0 aliphatic rings. The summed E-state index contributed by atoms with van der Waals surface area (Å²) < 4.78 is 0.957. The van der Waals surface area contributed by atoms with E-state index in [1.807, 2.05) is 24.3 Å². The molecule has 0 saturated carbocycles. The van der Waals surface area contributed by atoms with Gasteiger partial charge >= 0.3 is 5.69 Å². The third kappa shape index (κ3) is 3.24. The molecule has 7 heteroatoms. The van der Waals surface area contributed by atoms with Crippen LogP contribution >= 0.6 is 15.9 Å². The second-order valence-electron chi connectivity index (χ2n) is 4.32. The van der Waals surface area contributed by atoms with Gasteiger partial charge in [0.05, 0.1) is 4.92 Å². The van der Waals surface area contributed by atoms with Crippen LogP contribution in [0.25, 0.3) is 0 Å². The molecule has 2 aromatic rings. The van der Waals surface area contributed by atoms with Gasteiger partial charge in [0.2, 0.25) is 5.82 Å². The van der Waals surface area contributed by atoms with E-state index in [0.29, 0.717) is 6.54 Å². The first kappa shape index (κ1) is 14.3. The topological polar surface area (TPSA) is 85.3 Å². The predicted molar refractivity (Wildman–Crippen MR) is 81.6 cm³/mol. The lowest BCUT2D eigenvalue weighted by molar-refractivity contribution is -0.384. The van der Waals surface area contributed by atoms with Gasteiger partial charge in [-0.1, -0.05) is 28.1 Å². The first-order valence-corrected chi connectivity index (χ1v) is 6.63. The summed E-state index contributed by atoms with van der Waals surface area (Å²) in [6.07, 6.45) is 0. The lowest BCUT2D eigenvalue weighted by atomic mass is 10.2. The van der Waals surface area contributed by atoms with Gasteiger partial charge in [0.15, 0.2) is 0 Å². The zero-order valence-electron chi connectivity index (χ0n) is 10.8. The Morgan fingerprint density at radius 3 is 2.80 bits per heavy atom. The fraction of sp³-hybridized carbons (Fsp3) is 0.154. The Morgan fingerprint density at radius 2 is 2.15 bits per heavy atom. The van der Waals surface area contributed by atoms with Gasteiger partial charge in [0.1, 0.15) is 5.82 Å². The van der Waals surface area contributed by atoms with E-state index < -0.39 is 4.92 Å². The van der Waals surface area contributed by atoms with E-state index in [2.05, 4.69) is 20.9 Å².